The maximum atomic E-state index is 6.16. The van der Waals surface area contributed by atoms with Crippen molar-refractivity contribution in [2.75, 3.05) is 0 Å². The van der Waals surface area contributed by atoms with Gasteiger partial charge in [0, 0.05) is 5.56 Å². The van der Waals surface area contributed by atoms with Crippen LogP contribution in [0.25, 0.3) is 10.8 Å². The summed E-state index contributed by atoms with van der Waals surface area (Å²) in [5.74, 6) is 0.982. The van der Waals surface area contributed by atoms with E-state index in [1.807, 2.05) is 18.2 Å². The predicted molar refractivity (Wildman–Crippen MR) is 93.4 cm³/mol. The van der Waals surface area contributed by atoms with Crippen LogP contribution in [0.5, 0.6) is 5.75 Å². The molecule has 0 saturated carbocycles. The molecule has 112 valence electrons. The third-order valence-corrected chi connectivity index (χ3v) is 3.88. The van der Waals surface area contributed by atoms with Gasteiger partial charge in [-0.2, -0.15) is 0 Å². The first kappa shape index (κ1) is 14.6. The van der Waals surface area contributed by atoms with E-state index < -0.39 is 0 Å². The molecule has 3 aromatic carbocycles. The molecule has 0 atom stereocenters. The Balaban J connectivity index is 2.02. The van der Waals surface area contributed by atoms with E-state index in [1.54, 1.807) is 0 Å². The summed E-state index contributed by atoms with van der Waals surface area (Å²) in [6.07, 6.45) is 0. The van der Waals surface area contributed by atoms with Gasteiger partial charge >= 0.3 is 0 Å². The fraction of sp³-hybridized carbons (Fsp3) is 0.238. The van der Waals surface area contributed by atoms with Crippen LogP contribution in [0.15, 0.2) is 66.7 Å². The lowest BCUT2D eigenvalue weighted by Crippen LogP contribution is -2.14. The van der Waals surface area contributed by atoms with E-state index in [1.165, 1.54) is 21.9 Å². The number of benzene rings is 3. The average Bonchev–Trinajstić information content (AvgIpc) is 2.52. The second-order valence-electron chi connectivity index (χ2n) is 6.68. The van der Waals surface area contributed by atoms with Crippen molar-refractivity contribution in [2.45, 2.75) is 32.8 Å². The van der Waals surface area contributed by atoms with E-state index in [0.717, 1.165) is 5.75 Å². The first-order chi connectivity index (χ1) is 10.6. The largest absolute Gasteiger partial charge is 0.489 e. The van der Waals surface area contributed by atoms with Crippen LogP contribution in [0.4, 0.5) is 0 Å². The first-order valence-corrected chi connectivity index (χ1v) is 7.75. The molecule has 0 spiro atoms. The van der Waals surface area contributed by atoms with Crippen LogP contribution in [0, 0.1) is 0 Å². The summed E-state index contributed by atoms with van der Waals surface area (Å²) in [5, 5.41) is 2.54. The maximum Gasteiger partial charge on any atom is 0.124 e. The van der Waals surface area contributed by atoms with E-state index in [4.69, 9.17) is 4.74 Å². The van der Waals surface area contributed by atoms with Gasteiger partial charge in [-0.15, -0.1) is 0 Å². The van der Waals surface area contributed by atoms with Gasteiger partial charge < -0.3 is 4.74 Å². The average molecular weight is 290 g/mol. The van der Waals surface area contributed by atoms with Crippen molar-refractivity contribution in [3.05, 3.63) is 77.9 Å². The van der Waals surface area contributed by atoms with Gasteiger partial charge in [0.1, 0.15) is 12.4 Å². The summed E-state index contributed by atoms with van der Waals surface area (Å²) in [5.41, 5.74) is 2.50. The molecule has 3 rings (SSSR count). The van der Waals surface area contributed by atoms with Crippen molar-refractivity contribution in [3.63, 3.8) is 0 Å². The Morgan fingerprint density at radius 3 is 2.18 bits per heavy atom. The topological polar surface area (TPSA) is 9.23 Å². The van der Waals surface area contributed by atoms with Crippen LogP contribution in [-0.2, 0) is 12.0 Å². The van der Waals surface area contributed by atoms with Crippen LogP contribution in [0.3, 0.4) is 0 Å². The number of hydrogen-bond donors (Lipinski definition) is 0. The molecule has 3 aromatic rings. The molecule has 0 heterocycles. The Kier molecular flexibility index (Phi) is 3.89. The molecule has 0 bridgehead atoms. The number of rotatable bonds is 3. The summed E-state index contributed by atoms with van der Waals surface area (Å²) in [6, 6.07) is 23.1. The van der Waals surface area contributed by atoms with Gasteiger partial charge in [-0.1, -0.05) is 81.4 Å². The van der Waals surface area contributed by atoms with Crippen molar-refractivity contribution < 1.29 is 4.74 Å². The lowest BCUT2D eigenvalue weighted by atomic mass is 9.83. The van der Waals surface area contributed by atoms with E-state index in [0.29, 0.717) is 6.61 Å². The van der Waals surface area contributed by atoms with Crippen molar-refractivity contribution in [1.82, 2.24) is 0 Å². The van der Waals surface area contributed by atoms with Gasteiger partial charge in [0.15, 0.2) is 0 Å². The molecular weight excluding hydrogens is 268 g/mol. The highest BCUT2D eigenvalue weighted by Gasteiger charge is 2.22. The van der Waals surface area contributed by atoms with E-state index in [9.17, 15) is 0 Å². The van der Waals surface area contributed by atoms with Crippen LogP contribution in [0.2, 0.25) is 0 Å². The summed E-state index contributed by atoms with van der Waals surface area (Å²) >= 11 is 0. The zero-order valence-corrected chi connectivity index (χ0v) is 13.5. The monoisotopic (exact) mass is 290 g/mol. The van der Waals surface area contributed by atoms with Crippen LogP contribution in [-0.4, -0.2) is 0 Å². The minimum Gasteiger partial charge on any atom is -0.489 e. The lowest BCUT2D eigenvalue weighted by molar-refractivity contribution is 0.298. The maximum absolute atomic E-state index is 6.16. The normalized spacial score (nSPS) is 11.6. The Labute approximate surface area is 132 Å². The van der Waals surface area contributed by atoms with Crippen molar-refractivity contribution in [2.24, 2.45) is 0 Å². The predicted octanol–water partition coefficient (Wildman–Crippen LogP) is 5.72. The molecule has 0 aliphatic heterocycles. The van der Waals surface area contributed by atoms with Crippen LogP contribution in [0.1, 0.15) is 31.9 Å². The molecule has 0 amide bonds. The molecule has 1 heteroatoms. The minimum absolute atomic E-state index is 0.0346. The Bertz CT molecular complexity index is 767. The molecule has 0 radical (unpaired) electrons. The second kappa shape index (κ2) is 5.84. The number of ether oxygens (including phenoxy) is 1. The van der Waals surface area contributed by atoms with Crippen molar-refractivity contribution >= 4 is 10.8 Å². The van der Waals surface area contributed by atoms with Gasteiger partial charge in [0.2, 0.25) is 0 Å². The molecule has 0 N–H and O–H groups in total. The highest BCUT2D eigenvalue weighted by Crippen LogP contribution is 2.37. The third-order valence-electron chi connectivity index (χ3n) is 3.88. The van der Waals surface area contributed by atoms with Gasteiger partial charge in [0.05, 0.1) is 0 Å². The number of hydrogen-bond acceptors (Lipinski definition) is 1. The minimum atomic E-state index is 0.0346. The van der Waals surface area contributed by atoms with E-state index in [2.05, 4.69) is 69.3 Å². The van der Waals surface area contributed by atoms with Gasteiger partial charge in [0.25, 0.3) is 0 Å². The quantitative estimate of drug-likeness (QED) is 0.599. The molecular formula is C21H22O. The summed E-state index contributed by atoms with van der Waals surface area (Å²) in [7, 11) is 0. The standard InChI is InChI=1S/C21H22O/c1-21(2,3)20-18-12-8-7-11-17(18)13-14-19(20)22-15-16-9-5-4-6-10-16/h4-14H,15H2,1-3H3. The van der Waals surface area contributed by atoms with Gasteiger partial charge in [-0.05, 0) is 27.8 Å². The highest BCUT2D eigenvalue weighted by atomic mass is 16.5. The summed E-state index contributed by atoms with van der Waals surface area (Å²) in [6.45, 7) is 7.32. The van der Waals surface area contributed by atoms with Crippen molar-refractivity contribution in [1.29, 1.82) is 0 Å². The molecule has 0 fully saturated rings. The molecule has 0 unspecified atom stereocenters. The third kappa shape index (κ3) is 2.99. The molecule has 0 aliphatic carbocycles. The fourth-order valence-electron chi connectivity index (χ4n) is 2.88. The van der Waals surface area contributed by atoms with E-state index in [-0.39, 0.29) is 5.41 Å². The zero-order valence-electron chi connectivity index (χ0n) is 13.5. The second-order valence-corrected chi connectivity index (χ2v) is 6.68. The molecule has 0 aliphatic rings. The van der Waals surface area contributed by atoms with Gasteiger partial charge in [-0.25, -0.2) is 0 Å². The van der Waals surface area contributed by atoms with Crippen molar-refractivity contribution in [3.8, 4) is 5.75 Å². The molecule has 0 aromatic heterocycles. The first-order valence-electron chi connectivity index (χ1n) is 7.75. The molecule has 0 saturated heterocycles. The lowest BCUT2D eigenvalue weighted by Gasteiger charge is -2.25. The zero-order chi connectivity index (χ0) is 15.6. The fourth-order valence-corrected chi connectivity index (χ4v) is 2.88. The number of fused-ring (bicyclic) bond motifs is 1. The van der Waals surface area contributed by atoms with Crippen LogP contribution >= 0.6 is 0 Å². The van der Waals surface area contributed by atoms with Crippen LogP contribution < -0.4 is 4.74 Å². The van der Waals surface area contributed by atoms with Gasteiger partial charge in [-0.3, -0.25) is 0 Å². The van der Waals surface area contributed by atoms with E-state index >= 15 is 0 Å². The SMILES string of the molecule is CC(C)(C)c1c(OCc2ccccc2)ccc2ccccc12. The Morgan fingerprint density at radius 1 is 0.773 bits per heavy atom. The summed E-state index contributed by atoms with van der Waals surface area (Å²) in [4.78, 5) is 0. The summed E-state index contributed by atoms with van der Waals surface area (Å²) < 4.78 is 6.16. The molecule has 1 nitrogen and oxygen atoms in total. The highest BCUT2D eigenvalue weighted by molar-refractivity contribution is 5.88. The Hall–Kier alpha value is -2.28. The Morgan fingerprint density at radius 2 is 1.45 bits per heavy atom. The molecule has 22 heavy (non-hydrogen) atoms. The smallest absolute Gasteiger partial charge is 0.124 e.